The summed E-state index contributed by atoms with van der Waals surface area (Å²) in [7, 11) is 0. The Kier molecular flexibility index (Phi) is 4.06. The fraction of sp³-hybridized carbons (Fsp3) is 0.250. The summed E-state index contributed by atoms with van der Waals surface area (Å²) >= 11 is 0. The maximum atomic E-state index is 12.9. The quantitative estimate of drug-likeness (QED) is 0.770. The molecule has 0 unspecified atom stereocenters. The van der Waals surface area contributed by atoms with Gasteiger partial charge in [-0.1, -0.05) is 55.0 Å². The third-order valence-electron chi connectivity index (χ3n) is 4.98. The first-order valence-electron chi connectivity index (χ1n) is 8.57. The van der Waals surface area contributed by atoms with Crippen molar-refractivity contribution >= 4 is 16.7 Å². The summed E-state index contributed by atoms with van der Waals surface area (Å²) in [5.41, 5.74) is 1.08. The van der Waals surface area contributed by atoms with E-state index in [2.05, 4.69) is 15.5 Å². The van der Waals surface area contributed by atoms with E-state index < -0.39 is 0 Å². The Morgan fingerprint density at radius 1 is 1.04 bits per heavy atom. The lowest BCUT2D eigenvalue weighted by Gasteiger charge is -2.34. The van der Waals surface area contributed by atoms with Crippen LogP contribution in [0.2, 0.25) is 0 Å². The van der Waals surface area contributed by atoms with Crippen LogP contribution in [0.3, 0.4) is 0 Å². The zero-order valence-electron chi connectivity index (χ0n) is 13.7. The highest BCUT2D eigenvalue weighted by molar-refractivity contribution is 6.04. The van der Waals surface area contributed by atoms with Crippen LogP contribution in [-0.4, -0.2) is 16.1 Å². The molecule has 3 aromatic rings. The van der Waals surface area contributed by atoms with Crippen molar-refractivity contribution in [3.05, 3.63) is 76.2 Å². The number of nitrogens with zero attached hydrogens (tertiary/aromatic N) is 1. The molecule has 2 aromatic carbocycles. The standard InChI is InChI=1S/C20H19N3O2/c24-19-16-12-5-4-11-15(16)18(22-23-19)20(25)21-17(14-9-6-10-14)13-7-2-1-3-8-13/h1-5,7-8,11-12,14,17H,6,9-10H2,(H,21,25)(H,23,24)/t17-/m1/s1. The van der Waals surface area contributed by atoms with E-state index in [1.165, 1.54) is 6.42 Å². The molecule has 1 fully saturated rings. The molecule has 25 heavy (non-hydrogen) atoms. The van der Waals surface area contributed by atoms with Gasteiger partial charge in [0, 0.05) is 5.39 Å². The van der Waals surface area contributed by atoms with Crippen LogP contribution < -0.4 is 10.9 Å². The number of carbonyl (C=O) groups is 1. The number of H-pyrrole nitrogens is 1. The van der Waals surface area contributed by atoms with Crippen molar-refractivity contribution in [2.45, 2.75) is 25.3 Å². The normalized spacial score (nSPS) is 15.5. The molecule has 1 aromatic heterocycles. The van der Waals surface area contributed by atoms with Crippen LogP contribution in [0.4, 0.5) is 0 Å². The molecular weight excluding hydrogens is 314 g/mol. The summed E-state index contributed by atoms with van der Waals surface area (Å²) in [4.78, 5) is 24.8. The van der Waals surface area contributed by atoms with Gasteiger partial charge in [-0.3, -0.25) is 9.59 Å². The minimum atomic E-state index is -0.286. The van der Waals surface area contributed by atoms with Crippen LogP contribution in [0.15, 0.2) is 59.4 Å². The van der Waals surface area contributed by atoms with Crippen molar-refractivity contribution in [1.82, 2.24) is 15.5 Å². The van der Waals surface area contributed by atoms with Crippen molar-refractivity contribution in [2.24, 2.45) is 5.92 Å². The van der Waals surface area contributed by atoms with Crippen LogP contribution in [0.25, 0.3) is 10.8 Å². The van der Waals surface area contributed by atoms with Gasteiger partial charge in [-0.15, -0.1) is 0 Å². The van der Waals surface area contributed by atoms with Gasteiger partial charge in [0.15, 0.2) is 5.69 Å². The Morgan fingerprint density at radius 2 is 1.72 bits per heavy atom. The molecule has 5 nitrogen and oxygen atoms in total. The number of amides is 1. The average Bonchev–Trinajstić information content (AvgIpc) is 2.61. The summed E-state index contributed by atoms with van der Waals surface area (Å²) in [5, 5.41) is 10.6. The highest BCUT2D eigenvalue weighted by atomic mass is 16.2. The molecule has 5 heteroatoms. The molecule has 2 N–H and O–H groups in total. The predicted octanol–water partition coefficient (Wildman–Crippen LogP) is 3.19. The van der Waals surface area contributed by atoms with Crippen molar-refractivity contribution in [2.75, 3.05) is 0 Å². The summed E-state index contributed by atoms with van der Waals surface area (Å²) in [6.45, 7) is 0. The van der Waals surface area contributed by atoms with E-state index in [0.717, 1.165) is 18.4 Å². The lowest BCUT2D eigenvalue weighted by atomic mass is 9.77. The molecule has 1 atom stereocenters. The van der Waals surface area contributed by atoms with Crippen LogP contribution in [0.1, 0.15) is 41.4 Å². The van der Waals surface area contributed by atoms with Crippen molar-refractivity contribution in [1.29, 1.82) is 0 Å². The molecule has 126 valence electrons. The monoisotopic (exact) mass is 333 g/mol. The molecule has 1 aliphatic carbocycles. The van der Waals surface area contributed by atoms with E-state index in [9.17, 15) is 9.59 Å². The number of aromatic amines is 1. The first-order chi connectivity index (χ1) is 12.2. The first-order valence-corrected chi connectivity index (χ1v) is 8.57. The second-order valence-corrected chi connectivity index (χ2v) is 6.50. The third-order valence-corrected chi connectivity index (χ3v) is 4.98. The Hall–Kier alpha value is -2.95. The van der Waals surface area contributed by atoms with E-state index >= 15 is 0 Å². The fourth-order valence-electron chi connectivity index (χ4n) is 3.40. The fourth-order valence-corrected chi connectivity index (χ4v) is 3.40. The van der Waals surface area contributed by atoms with Crippen molar-refractivity contribution in [3.63, 3.8) is 0 Å². The number of hydrogen-bond donors (Lipinski definition) is 2. The lowest BCUT2D eigenvalue weighted by molar-refractivity contribution is 0.0896. The third kappa shape index (κ3) is 2.93. The molecule has 1 saturated carbocycles. The van der Waals surface area contributed by atoms with Gasteiger partial charge in [-0.2, -0.15) is 5.10 Å². The Morgan fingerprint density at radius 3 is 2.40 bits per heavy atom. The van der Waals surface area contributed by atoms with E-state index in [4.69, 9.17) is 0 Å². The van der Waals surface area contributed by atoms with Crippen LogP contribution in [0, 0.1) is 5.92 Å². The smallest absolute Gasteiger partial charge is 0.272 e. The summed E-state index contributed by atoms with van der Waals surface area (Å²) in [6, 6.07) is 17.0. The molecule has 1 heterocycles. The largest absolute Gasteiger partial charge is 0.344 e. The van der Waals surface area contributed by atoms with E-state index in [0.29, 0.717) is 16.7 Å². The Balaban J connectivity index is 1.69. The minimum Gasteiger partial charge on any atom is -0.344 e. The van der Waals surface area contributed by atoms with Gasteiger partial charge in [-0.25, -0.2) is 5.10 Å². The van der Waals surface area contributed by atoms with Crippen LogP contribution in [-0.2, 0) is 0 Å². The zero-order valence-corrected chi connectivity index (χ0v) is 13.7. The average molecular weight is 333 g/mol. The molecule has 0 spiro atoms. The molecule has 0 saturated heterocycles. The predicted molar refractivity (Wildman–Crippen MR) is 96.4 cm³/mol. The van der Waals surface area contributed by atoms with Gasteiger partial charge in [-0.05, 0) is 30.4 Å². The van der Waals surface area contributed by atoms with Crippen molar-refractivity contribution < 1.29 is 4.79 Å². The lowest BCUT2D eigenvalue weighted by Crippen LogP contribution is -2.37. The molecule has 1 amide bonds. The maximum absolute atomic E-state index is 12.9. The highest BCUT2D eigenvalue weighted by Crippen LogP contribution is 2.37. The number of benzene rings is 2. The van der Waals surface area contributed by atoms with Gasteiger partial charge >= 0.3 is 0 Å². The van der Waals surface area contributed by atoms with Gasteiger partial charge < -0.3 is 5.32 Å². The van der Waals surface area contributed by atoms with Gasteiger partial charge in [0.05, 0.1) is 11.4 Å². The van der Waals surface area contributed by atoms with Gasteiger partial charge in [0.1, 0.15) is 0 Å². The number of aromatic nitrogens is 2. The molecular formula is C20H19N3O2. The van der Waals surface area contributed by atoms with E-state index in [1.54, 1.807) is 24.3 Å². The van der Waals surface area contributed by atoms with Crippen LogP contribution in [0.5, 0.6) is 0 Å². The number of nitrogens with one attached hydrogen (secondary N) is 2. The molecule has 4 rings (SSSR count). The van der Waals surface area contributed by atoms with Gasteiger partial charge in [0.2, 0.25) is 0 Å². The molecule has 1 aliphatic rings. The molecule has 0 radical (unpaired) electrons. The minimum absolute atomic E-state index is 0.0325. The number of rotatable bonds is 4. The van der Waals surface area contributed by atoms with Crippen molar-refractivity contribution in [3.8, 4) is 0 Å². The first kappa shape index (κ1) is 15.6. The SMILES string of the molecule is O=C(N[C@H](c1ccccc1)C1CCC1)c1n[nH]c(=O)c2ccccc12. The van der Waals surface area contributed by atoms with Gasteiger partial charge in [0.25, 0.3) is 11.5 Å². The second-order valence-electron chi connectivity index (χ2n) is 6.50. The Labute approximate surface area is 145 Å². The zero-order chi connectivity index (χ0) is 17.2. The summed E-state index contributed by atoms with van der Waals surface area (Å²) in [6.07, 6.45) is 3.42. The summed E-state index contributed by atoms with van der Waals surface area (Å²) in [5.74, 6) is 0.188. The Bertz CT molecular complexity index is 961. The maximum Gasteiger partial charge on any atom is 0.272 e. The van der Waals surface area contributed by atoms with E-state index in [1.807, 2.05) is 30.3 Å². The summed E-state index contributed by atoms with van der Waals surface area (Å²) < 4.78 is 0. The number of fused-ring (bicyclic) bond motifs is 1. The number of carbonyl (C=O) groups excluding carboxylic acids is 1. The van der Waals surface area contributed by atoms with E-state index in [-0.39, 0.29) is 23.2 Å². The molecule has 0 aliphatic heterocycles. The number of hydrogen-bond acceptors (Lipinski definition) is 3. The highest BCUT2D eigenvalue weighted by Gasteiger charge is 2.30. The second kappa shape index (κ2) is 6.51. The topological polar surface area (TPSA) is 74.8 Å². The van der Waals surface area contributed by atoms with Crippen LogP contribution >= 0.6 is 0 Å². The molecule has 0 bridgehead atoms.